The van der Waals surface area contributed by atoms with Crippen molar-refractivity contribution in [3.63, 3.8) is 0 Å². The Balaban J connectivity index is 1.40. The molecule has 2 N–H and O–H groups in total. The number of nitrogens with zero attached hydrogens (tertiary/aromatic N) is 2. The molecule has 2 aromatic carbocycles. The first-order chi connectivity index (χ1) is 13.6. The van der Waals surface area contributed by atoms with Crippen molar-refractivity contribution in [2.75, 3.05) is 28.6 Å². The van der Waals surface area contributed by atoms with E-state index >= 15 is 0 Å². The SMILES string of the molecule is O=C(Nc1cc(F)c(F)cc1N1CC2C[C@H]2C1)Nc1cccc2cnccc12. The maximum atomic E-state index is 13.8. The summed E-state index contributed by atoms with van der Waals surface area (Å²) in [6, 6.07) is 9.00. The molecule has 28 heavy (non-hydrogen) atoms. The van der Waals surface area contributed by atoms with Gasteiger partial charge in [-0.05, 0) is 30.4 Å². The van der Waals surface area contributed by atoms with Crippen LogP contribution in [0.2, 0.25) is 0 Å². The summed E-state index contributed by atoms with van der Waals surface area (Å²) in [5, 5.41) is 7.21. The van der Waals surface area contributed by atoms with Crippen molar-refractivity contribution >= 4 is 33.9 Å². The van der Waals surface area contributed by atoms with Crippen molar-refractivity contribution in [2.24, 2.45) is 11.8 Å². The van der Waals surface area contributed by atoms with Gasteiger partial charge in [0.2, 0.25) is 0 Å². The highest BCUT2D eigenvalue weighted by Gasteiger charge is 2.45. The van der Waals surface area contributed by atoms with Gasteiger partial charge in [-0.25, -0.2) is 13.6 Å². The number of benzene rings is 2. The normalized spacial score (nSPS) is 20.1. The van der Waals surface area contributed by atoms with Crippen molar-refractivity contribution in [1.82, 2.24) is 4.98 Å². The third-order valence-corrected chi connectivity index (χ3v) is 5.54. The van der Waals surface area contributed by atoms with Gasteiger partial charge in [-0.15, -0.1) is 0 Å². The minimum Gasteiger partial charge on any atom is -0.369 e. The largest absolute Gasteiger partial charge is 0.369 e. The van der Waals surface area contributed by atoms with Crippen LogP contribution in [0.3, 0.4) is 0 Å². The van der Waals surface area contributed by atoms with Gasteiger partial charge in [0.05, 0.1) is 17.1 Å². The minimum atomic E-state index is -0.986. The third kappa shape index (κ3) is 3.02. The van der Waals surface area contributed by atoms with Crippen molar-refractivity contribution in [1.29, 1.82) is 0 Å². The first kappa shape index (κ1) is 16.9. The Labute approximate surface area is 160 Å². The molecule has 0 bridgehead atoms. The average molecular weight is 380 g/mol. The Kier molecular flexibility index (Phi) is 3.89. The maximum Gasteiger partial charge on any atom is 0.323 e. The summed E-state index contributed by atoms with van der Waals surface area (Å²) in [5.41, 5.74) is 1.40. The molecule has 2 aliphatic rings. The van der Waals surface area contributed by atoms with Crippen LogP contribution in [0, 0.1) is 23.5 Å². The molecule has 1 saturated carbocycles. The summed E-state index contributed by atoms with van der Waals surface area (Å²) in [4.78, 5) is 18.7. The third-order valence-electron chi connectivity index (χ3n) is 5.54. The zero-order valence-corrected chi connectivity index (χ0v) is 15.0. The monoisotopic (exact) mass is 380 g/mol. The molecule has 0 radical (unpaired) electrons. The number of anilines is 3. The van der Waals surface area contributed by atoms with E-state index in [9.17, 15) is 13.6 Å². The molecular formula is C21H18F2N4O. The second-order valence-electron chi connectivity index (χ2n) is 7.43. The Morgan fingerprint density at radius 3 is 2.61 bits per heavy atom. The van der Waals surface area contributed by atoms with E-state index in [-0.39, 0.29) is 5.69 Å². The molecule has 7 heteroatoms. The van der Waals surface area contributed by atoms with Crippen LogP contribution >= 0.6 is 0 Å². The van der Waals surface area contributed by atoms with Crippen LogP contribution in [-0.4, -0.2) is 24.1 Å². The fourth-order valence-electron chi connectivity index (χ4n) is 4.00. The second kappa shape index (κ2) is 6.44. The molecule has 1 unspecified atom stereocenters. The number of pyridine rings is 1. The number of fused-ring (bicyclic) bond motifs is 2. The van der Waals surface area contributed by atoms with Gasteiger partial charge in [0.1, 0.15) is 0 Å². The van der Waals surface area contributed by atoms with E-state index in [1.807, 2.05) is 23.1 Å². The lowest BCUT2D eigenvalue weighted by Gasteiger charge is -2.24. The van der Waals surface area contributed by atoms with E-state index in [4.69, 9.17) is 0 Å². The number of amides is 2. The van der Waals surface area contributed by atoms with Gasteiger partial charge in [-0.3, -0.25) is 4.98 Å². The highest BCUT2D eigenvalue weighted by molar-refractivity contribution is 6.07. The number of halogens is 2. The number of nitrogens with one attached hydrogen (secondary N) is 2. The quantitative estimate of drug-likeness (QED) is 0.698. The van der Waals surface area contributed by atoms with E-state index in [1.54, 1.807) is 18.5 Å². The van der Waals surface area contributed by atoms with Crippen molar-refractivity contribution < 1.29 is 13.6 Å². The predicted octanol–water partition coefficient (Wildman–Crippen LogP) is 4.61. The highest BCUT2D eigenvalue weighted by atomic mass is 19.2. The Morgan fingerprint density at radius 1 is 1.04 bits per heavy atom. The van der Waals surface area contributed by atoms with Crippen molar-refractivity contribution in [3.8, 4) is 0 Å². The maximum absolute atomic E-state index is 13.8. The standard InChI is InChI=1S/C21H18F2N4O/c22-16-7-19(20(8-17(16)23)27-10-13-6-14(13)11-27)26-21(28)25-18-3-1-2-12-9-24-5-4-15(12)18/h1-5,7-9,13-14H,6,10-11H2,(H2,25,26,28)/t13-,14?/m0/s1. The number of carbonyl (C=O) groups excluding carboxylic acids is 1. The van der Waals surface area contributed by atoms with Gasteiger partial charge in [0.15, 0.2) is 11.6 Å². The molecule has 1 aliphatic carbocycles. The van der Waals surface area contributed by atoms with E-state index < -0.39 is 17.7 Å². The number of piperidine rings is 1. The van der Waals surface area contributed by atoms with Gasteiger partial charge in [-0.2, -0.15) is 0 Å². The molecule has 1 aromatic heterocycles. The average Bonchev–Trinajstić information content (AvgIpc) is 3.30. The summed E-state index contributed by atoms with van der Waals surface area (Å²) in [6.45, 7) is 1.62. The summed E-state index contributed by atoms with van der Waals surface area (Å²) < 4.78 is 27.7. The van der Waals surface area contributed by atoms with E-state index in [2.05, 4.69) is 15.6 Å². The number of carbonyl (C=O) groups is 1. The predicted molar refractivity (Wildman–Crippen MR) is 105 cm³/mol. The van der Waals surface area contributed by atoms with E-state index in [1.165, 1.54) is 12.5 Å². The van der Waals surface area contributed by atoms with Gasteiger partial charge in [0.25, 0.3) is 0 Å². The fraction of sp³-hybridized carbons (Fsp3) is 0.238. The molecule has 2 amide bonds. The number of rotatable bonds is 3. The molecule has 1 aliphatic heterocycles. The lowest BCUT2D eigenvalue weighted by Crippen LogP contribution is -2.26. The summed E-state index contributed by atoms with van der Waals surface area (Å²) in [7, 11) is 0. The van der Waals surface area contributed by atoms with Crippen LogP contribution in [0.5, 0.6) is 0 Å². The van der Waals surface area contributed by atoms with E-state index in [0.717, 1.165) is 29.9 Å². The van der Waals surface area contributed by atoms with Gasteiger partial charge >= 0.3 is 6.03 Å². The summed E-state index contributed by atoms with van der Waals surface area (Å²) in [5.74, 6) is -0.652. The Bertz CT molecular complexity index is 1070. The van der Waals surface area contributed by atoms with Crippen LogP contribution < -0.4 is 15.5 Å². The number of hydrogen-bond acceptors (Lipinski definition) is 3. The van der Waals surface area contributed by atoms with Gasteiger partial charge in [0, 0.05) is 48.4 Å². The summed E-state index contributed by atoms with van der Waals surface area (Å²) >= 11 is 0. The molecule has 2 atom stereocenters. The number of urea groups is 1. The molecule has 2 heterocycles. The molecule has 2 fully saturated rings. The van der Waals surface area contributed by atoms with E-state index in [0.29, 0.717) is 23.2 Å². The van der Waals surface area contributed by atoms with Crippen molar-refractivity contribution in [2.45, 2.75) is 6.42 Å². The lowest BCUT2D eigenvalue weighted by atomic mass is 10.1. The van der Waals surface area contributed by atoms with Crippen LogP contribution in [0.1, 0.15) is 6.42 Å². The zero-order valence-electron chi connectivity index (χ0n) is 15.0. The smallest absolute Gasteiger partial charge is 0.323 e. The molecule has 142 valence electrons. The second-order valence-corrected chi connectivity index (χ2v) is 7.43. The Morgan fingerprint density at radius 2 is 1.79 bits per heavy atom. The van der Waals surface area contributed by atoms with Crippen LogP contribution in [0.15, 0.2) is 48.8 Å². The molecule has 3 aromatic rings. The first-order valence-corrected chi connectivity index (χ1v) is 9.23. The number of hydrogen-bond donors (Lipinski definition) is 2. The van der Waals surface area contributed by atoms with Crippen LogP contribution in [0.25, 0.3) is 10.8 Å². The molecule has 0 spiro atoms. The van der Waals surface area contributed by atoms with Crippen molar-refractivity contribution in [3.05, 3.63) is 60.4 Å². The fourth-order valence-corrected chi connectivity index (χ4v) is 4.00. The molecule has 5 rings (SSSR count). The lowest BCUT2D eigenvalue weighted by molar-refractivity contribution is 0.262. The van der Waals surface area contributed by atoms with Gasteiger partial charge < -0.3 is 15.5 Å². The molecule has 5 nitrogen and oxygen atoms in total. The van der Waals surface area contributed by atoms with Crippen LogP contribution in [0.4, 0.5) is 30.6 Å². The number of aromatic nitrogens is 1. The topological polar surface area (TPSA) is 57.3 Å². The highest BCUT2D eigenvalue weighted by Crippen LogP contribution is 2.47. The first-order valence-electron chi connectivity index (χ1n) is 9.23. The zero-order chi connectivity index (χ0) is 19.3. The Hall–Kier alpha value is -3.22. The summed E-state index contributed by atoms with van der Waals surface area (Å²) in [6.07, 6.45) is 4.56. The van der Waals surface area contributed by atoms with Crippen LogP contribution in [-0.2, 0) is 0 Å². The van der Waals surface area contributed by atoms with Gasteiger partial charge in [-0.1, -0.05) is 12.1 Å². The molecule has 1 saturated heterocycles. The molecular weight excluding hydrogens is 362 g/mol. The minimum absolute atomic E-state index is 0.264.